The summed E-state index contributed by atoms with van der Waals surface area (Å²) in [6.45, 7) is 2.06. The van der Waals surface area contributed by atoms with E-state index in [0.717, 1.165) is 30.5 Å². The Hall–Kier alpha value is -1.83. The molecule has 3 rings (SSSR count). The van der Waals surface area contributed by atoms with Crippen molar-refractivity contribution in [2.45, 2.75) is 32.1 Å². The van der Waals surface area contributed by atoms with Crippen molar-refractivity contribution >= 4 is 0 Å². The summed E-state index contributed by atoms with van der Waals surface area (Å²) in [6, 6.07) is 9.98. The number of phenols is 1. The minimum atomic E-state index is 0.245. The molecule has 92 valence electrons. The van der Waals surface area contributed by atoms with E-state index in [0.29, 0.717) is 5.75 Å². The lowest BCUT2D eigenvalue weighted by Crippen LogP contribution is -2.13. The summed E-state index contributed by atoms with van der Waals surface area (Å²) in [7, 11) is 0. The predicted octanol–water partition coefficient (Wildman–Crippen LogP) is 3.56. The zero-order valence-corrected chi connectivity index (χ0v) is 10.6. The average molecular weight is 239 g/mol. The Morgan fingerprint density at radius 1 is 1.28 bits per heavy atom. The quantitative estimate of drug-likeness (QED) is 0.825. The van der Waals surface area contributed by atoms with Crippen molar-refractivity contribution in [3.63, 3.8) is 0 Å². The van der Waals surface area contributed by atoms with Crippen LogP contribution in [0.5, 0.6) is 5.75 Å². The van der Waals surface area contributed by atoms with Gasteiger partial charge in [0, 0.05) is 17.7 Å². The van der Waals surface area contributed by atoms with Crippen LogP contribution >= 0.6 is 0 Å². The number of phenolic OH excluding ortho intramolecular Hbond substituents is 1. The number of hydrogen-bond acceptors (Lipinski definition) is 2. The Morgan fingerprint density at radius 2 is 2.17 bits per heavy atom. The van der Waals surface area contributed by atoms with Gasteiger partial charge in [0.15, 0.2) is 0 Å². The molecule has 0 saturated heterocycles. The van der Waals surface area contributed by atoms with E-state index in [4.69, 9.17) is 0 Å². The molecule has 2 nitrogen and oxygen atoms in total. The fraction of sp³-hybridized carbons (Fsp3) is 0.312. The SMILES string of the molecule is Cc1ccc(O)c(C2CCCc3cccnc32)c1. The summed E-state index contributed by atoms with van der Waals surface area (Å²) in [6.07, 6.45) is 5.19. The van der Waals surface area contributed by atoms with Crippen LogP contribution < -0.4 is 0 Å². The summed E-state index contributed by atoms with van der Waals surface area (Å²) >= 11 is 0. The molecule has 0 bridgehead atoms. The highest BCUT2D eigenvalue weighted by Gasteiger charge is 2.24. The first-order chi connectivity index (χ1) is 8.75. The van der Waals surface area contributed by atoms with Gasteiger partial charge in [-0.2, -0.15) is 0 Å². The maximum atomic E-state index is 10.1. The minimum Gasteiger partial charge on any atom is -0.508 e. The highest BCUT2D eigenvalue weighted by molar-refractivity contribution is 5.44. The number of aromatic nitrogens is 1. The van der Waals surface area contributed by atoms with Gasteiger partial charge < -0.3 is 5.11 Å². The van der Waals surface area contributed by atoms with Crippen LogP contribution in [0.15, 0.2) is 36.5 Å². The molecule has 0 fully saturated rings. The normalized spacial score (nSPS) is 18.4. The van der Waals surface area contributed by atoms with Crippen LogP contribution in [0, 0.1) is 6.92 Å². The summed E-state index contributed by atoms with van der Waals surface area (Å²) < 4.78 is 0. The number of benzene rings is 1. The molecule has 1 N–H and O–H groups in total. The first-order valence-corrected chi connectivity index (χ1v) is 6.49. The monoisotopic (exact) mass is 239 g/mol. The zero-order chi connectivity index (χ0) is 12.5. The third kappa shape index (κ3) is 1.88. The molecule has 0 spiro atoms. The molecular weight excluding hydrogens is 222 g/mol. The average Bonchev–Trinajstić information content (AvgIpc) is 2.41. The molecule has 1 aromatic heterocycles. The topological polar surface area (TPSA) is 33.1 Å². The Bertz CT molecular complexity index is 577. The number of aromatic hydroxyl groups is 1. The van der Waals surface area contributed by atoms with Gasteiger partial charge in [-0.05, 0) is 43.9 Å². The lowest BCUT2D eigenvalue weighted by Gasteiger charge is -2.25. The van der Waals surface area contributed by atoms with E-state index in [1.165, 1.54) is 11.1 Å². The predicted molar refractivity (Wildman–Crippen MR) is 71.9 cm³/mol. The maximum Gasteiger partial charge on any atom is 0.119 e. The molecule has 1 aliphatic carbocycles. The van der Waals surface area contributed by atoms with E-state index in [1.807, 2.05) is 18.3 Å². The minimum absolute atomic E-state index is 0.245. The zero-order valence-electron chi connectivity index (χ0n) is 10.6. The molecule has 1 heterocycles. The van der Waals surface area contributed by atoms with Gasteiger partial charge in [-0.25, -0.2) is 0 Å². The second-order valence-electron chi connectivity index (χ2n) is 5.05. The van der Waals surface area contributed by atoms with Crippen molar-refractivity contribution < 1.29 is 5.11 Å². The van der Waals surface area contributed by atoms with Gasteiger partial charge >= 0.3 is 0 Å². The third-order valence-electron chi connectivity index (χ3n) is 3.75. The van der Waals surface area contributed by atoms with Crippen LogP contribution in [-0.2, 0) is 6.42 Å². The second-order valence-corrected chi connectivity index (χ2v) is 5.05. The summed E-state index contributed by atoms with van der Waals surface area (Å²) in [5.41, 5.74) is 4.68. The van der Waals surface area contributed by atoms with Crippen molar-refractivity contribution in [1.29, 1.82) is 0 Å². The molecule has 1 atom stereocenters. The van der Waals surface area contributed by atoms with Crippen LogP contribution in [0.1, 0.15) is 41.1 Å². The molecule has 1 aromatic carbocycles. The van der Waals surface area contributed by atoms with Crippen molar-refractivity contribution in [2.24, 2.45) is 0 Å². The van der Waals surface area contributed by atoms with E-state index in [1.54, 1.807) is 6.07 Å². The van der Waals surface area contributed by atoms with Crippen molar-refractivity contribution in [2.75, 3.05) is 0 Å². The molecule has 2 aromatic rings. The number of hydrogen-bond donors (Lipinski definition) is 1. The summed E-state index contributed by atoms with van der Waals surface area (Å²) in [4.78, 5) is 4.54. The summed E-state index contributed by atoms with van der Waals surface area (Å²) in [5, 5.41) is 10.1. The van der Waals surface area contributed by atoms with E-state index < -0.39 is 0 Å². The van der Waals surface area contributed by atoms with E-state index in [9.17, 15) is 5.11 Å². The second kappa shape index (κ2) is 4.45. The van der Waals surface area contributed by atoms with E-state index >= 15 is 0 Å². The number of nitrogens with zero attached hydrogens (tertiary/aromatic N) is 1. The molecule has 0 saturated carbocycles. The Kier molecular flexibility index (Phi) is 2.78. The van der Waals surface area contributed by atoms with Gasteiger partial charge in [0.1, 0.15) is 5.75 Å². The van der Waals surface area contributed by atoms with Crippen LogP contribution in [0.4, 0.5) is 0 Å². The Balaban J connectivity index is 2.11. The van der Waals surface area contributed by atoms with E-state index in [2.05, 4.69) is 24.0 Å². The Labute approximate surface area is 107 Å². The first-order valence-electron chi connectivity index (χ1n) is 6.49. The number of rotatable bonds is 1. The van der Waals surface area contributed by atoms with Crippen LogP contribution in [0.3, 0.4) is 0 Å². The smallest absolute Gasteiger partial charge is 0.119 e. The molecule has 18 heavy (non-hydrogen) atoms. The Morgan fingerprint density at radius 3 is 3.06 bits per heavy atom. The number of pyridine rings is 1. The van der Waals surface area contributed by atoms with Gasteiger partial charge in [0.05, 0.1) is 5.69 Å². The lowest BCUT2D eigenvalue weighted by atomic mass is 9.81. The molecule has 1 unspecified atom stereocenters. The van der Waals surface area contributed by atoms with Crippen molar-refractivity contribution in [3.05, 3.63) is 58.9 Å². The van der Waals surface area contributed by atoms with Gasteiger partial charge in [-0.3, -0.25) is 4.98 Å². The fourth-order valence-electron chi connectivity index (χ4n) is 2.87. The van der Waals surface area contributed by atoms with Gasteiger partial charge in [0.2, 0.25) is 0 Å². The van der Waals surface area contributed by atoms with E-state index in [-0.39, 0.29) is 5.92 Å². The maximum absolute atomic E-state index is 10.1. The number of fused-ring (bicyclic) bond motifs is 1. The molecule has 0 radical (unpaired) electrons. The van der Waals surface area contributed by atoms with Gasteiger partial charge in [-0.1, -0.05) is 23.8 Å². The largest absolute Gasteiger partial charge is 0.508 e. The molecular formula is C16H17NO. The standard InChI is InChI=1S/C16H17NO/c1-11-7-8-15(18)14(10-11)13-6-2-4-12-5-3-9-17-16(12)13/h3,5,7-10,13,18H,2,4,6H2,1H3. The van der Waals surface area contributed by atoms with Gasteiger partial charge in [0.25, 0.3) is 0 Å². The highest BCUT2D eigenvalue weighted by Crippen LogP contribution is 2.39. The fourth-order valence-corrected chi connectivity index (χ4v) is 2.87. The van der Waals surface area contributed by atoms with Crippen LogP contribution in [0.2, 0.25) is 0 Å². The van der Waals surface area contributed by atoms with Crippen LogP contribution in [-0.4, -0.2) is 10.1 Å². The first kappa shape index (κ1) is 11.3. The van der Waals surface area contributed by atoms with Gasteiger partial charge in [-0.15, -0.1) is 0 Å². The number of aryl methyl sites for hydroxylation is 2. The molecule has 0 amide bonds. The molecule has 0 aliphatic heterocycles. The highest BCUT2D eigenvalue weighted by atomic mass is 16.3. The molecule has 1 aliphatic rings. The third-order valence-corrected chi connectivity index (χ3v) is 3.75. The lowest BCUT2D eigenvalue weighted by molar-refractivity contribution is 0.458. The van der Waals surface area contributed by atoms with Crippen LogP contribution in [0.25, 0.3) is 0 Å². The summed E-state index contributed by atoms with van der Waals surface area (Å²) in [5.74, 6) is 0.638. The van der Waals surface area contributed by atoms with Crippen molar-refractivity contribution in [1.82, 2.24) is 4.98 Å². The van der Waals surface area contributed by atoms with Crippen molar-refractivity contribution in [3.8, 4) is 5.75 Å². The molecule has 2 heteroatoms.